The average Bonchev–Trinajstić information content (AvgIpc) is 2.27. The number of carbonyl (C=O) groups is 1. The van der Waals surface area contributed by atoms with Gasteiger partial charge < -0.3 is 20.7 Å². The number of nitrogen functional groups attached to an aromatic ring is 1. The Labute approximate surface area is 106 Å². The quantitative estimate of drug-likeness (QED) is 0.546. The van der Waals surface area contributed by atoms with E-state index in [1.165, 1.54) is 7.11 Å². The third kappa shape index (κ3) is 3.21. The van der Waals surface area contributed by atoms with E-state index in [0.717, 1.165) is 11.1 Å². The summed E-state index contributed by atoms with van der Waals surface area (Å²) in [5, 5.41) is 19.9. The van der Waals surface area contributed by atoms with E-state index < -0.39 is 18.2 Å². The summed E-state index contributed by atoms with van der Waals surface area (Å²) in [5.41, 5.74) is 8.45. The first-order valence-electron chi connectivity index (χ1n) is 5.66. The Morgan fingerprint density at radius 3 is 2.28 bits per heavy atom. The summed E-state index contributed by atoms with van der Waals surface area (Å²) in [6.07, 6.45) is -2.58. The Hall–Kier alpha value is -1.59. The molecule has 0 saturated carbocycles. The summed E-state index contributed by atoms with van der Waals surface area (Å²) in [7, 11) is 1.24. The molecule has 5 heteroatoms. The number of aryl methyl sites for hydroxylation is 2. The van der Waals surface area contributed by atoms with Crippen LogP contribution in [0.3, 0.4) is 0 Å². The van der Waals surface area contributed by atoms with Crippen molar-refractivity contribution in [1.82, 2.24) is 0 Å². The zero-order valence-electron chi connectivity index (χ0n) is 10.8. The molecule has 0 saturated heterocycles. The second kappa shape index (κ2) is 5.84. The first-order chi connectivity index (χ1) is 8.36. The number of nitrogens with two attached hydrogens (primary N) is 1. The molecular weight excluding hydrogens is 234 g/mol. The fraction of sp³-hybridized carbons (Fsp3) is 0.462. The Bertz CT molecular complexity index is 422. The van der Waals surface area contributed by atoms with E-state index in [4.69, 9.17) is 5.73 Å². The van der Waals surface area contributed by atoms with Crippen molar-refractivity contribution in [1.29, 1.82) is 0 Å². The molecule has 0 aliphatic rings. The molecule has 2 atom stereocenters. The molecule has 1 aromatic carbocycles. The minimum Gasteiger partial charge on any atom is -0.469 e. The van der Waals surface area contributed by atoms with E-state index in [9.17, 15) is 15.0 Å². The number of ether oxygens (including phenoxy) is 1. The van der Waals surface area contributed by atoms with Crippen LogP contribution in [0, 0.1) is 13.8 Å². The monoisotopic (exact) mass is 253 g/mol. The zero-order valence-corrected chi connectivity index (χ0v) is 10.8. The summed E-state index contributed by atoms with van der Waals surface area (Å²) in [6, 6.07) is 3.44. The second-order valence-electron chi connectivity index (χ2n) is 4.36. The van der Waals surface area contributed by atoms with Crippen LogP contribution in [0.1, 0.15) is 29.2 Å². The van der Waals surface area contributed by atoms with Crippen LogP contribution < -0.4 is 5.73 Å². The van der Waals surface area contributed by atoms with Gasteiger partial charge >= 0.3 is 5.97 Å². The number of carbonyl (C=O) groups excluding carboxylic acids is 1. The Kier molecular flexibility index (Phi) is 4.69. The summed E-state index contributed by atoms with van der Waals surface area (Å²) in [6.45, 7) is 3.60. The topological polar surface area (TPSA) is 92.8 Å². The normalized spacial score (nSPS) is 14.1. The third-order valence-electron chi connectivity index (χ3n) is 2.88. The van der Waals surface area contributed by atoms with E-state index in [1.807, 2.05) is 0 Å². The number of hydrogen-bond acceptors (Lipinski definition) is 5. The van der Waals surface area contributed by atoms with Gasteiger partial charge in [-0.1, -0.05) is 0 Å². The van der Waals surface area contributed by atoms with Crippen molar-refractivity contribution in [2.45, 2.75) is 32.5 Å². The lowest BCUT2D eigenvalue weighted by Crippen LogP contribution is -2.24. The van der Waals surface area contributed by atoms with Crippen molar-refractivity contribution in [2.75, 3.05) is 12.8 Å². The molecule has 0 aromatic heterocycles. The molecule has 2 unspecified atom stereocenters. The van der Waals surface area contributed by atoms with Crippen LogP contribution in [0.15, 0.2) is 12.1 Å². The van der Waals surface area contributed by atoms with Crippen LogP contribution >= 0.6 is 0 Å². The Balaban J connectivity index is 2.96. The zero-order chi connectivity index (χ0) is 13.9. The third-order valence-corrected chi connectivity index (χ3v) is 2.88. The fourth-order valence-corrected chi connectivity index (χ4v) is 2.03. The van der Waals surface area contributed by atoms with Gasteiger partial charge in [0.1, 0.15) is 6.10 Å². The van der Waals surface area contributed by atoms with E-state index in [0.29, 0.717) is 11.3 Å². The van der Waals surface area contributed by atoms with Crippen LogP contribution in [0.4, 0.5) is 5.69 Å². The number of benzene rings is 1. The number of methoxy groups -OCH3 is 1. The van der Waals surface area contributed by atoms with Gasteiger partial charge in [-0.3, -0.25) is 4.79 Å². The van der Waals surface area contributed by atoms with Crippen LogP contribution in [0.5, 0.6) is 0 Å². The van der Waals surface area contributed by atoms with Crippen LogP contribution in [-0.4, -0.2) is 29.4 Å². The predicted molar refractivity (Wildman–Crippen MR) is 67.9 cm³/mol. The van der Waals surface area contributed by atoms with Crippen molar-refractivity contribution in [2.24, 2.45) is 0 Å². The molecule has 0 radical (unpaired) electrons. The highest BCUT2D eigenvalue weighted by molar-refractivity contribution is 5.69. The van der Waals surface area contributed by atoms with Crippen LogP contribution in [0.25, 0.3) is 0 Å². The summed E-state index contributed by atoms with van der Waals surface area (Å²) >= 11 is 0. The number of hydrogen-bond donors (Lipinski definition) is 3. The van der Waals surface area contributed by atoms with Gasteiger partial charge in [0.15, 0.2) is 0 Å². The minimum absolute atomic E-state index is 0.249. The fourth-order valence-electron chi connectivity index (χ4n) is 2.03. The minimum atomic E-state index is -1.20. The van der Waals surface area contributed by atoms with E-state index in [1.54, 1.807) is 26.0 Å². The molecule has 1 rings (SSSR count). The van der Waals surface area contributed by atoms with Crippen LogP contribution in [0.2, 0.25) is 0 Å². The predicted octanol–water partition coefficient (Wildman–Crippen LogP) is 0.843. The highest BCUT2D eigenvalue weighted by Gasteiger charge is 2.24. The van der Waals surface area contributed by atoms with Crippen molar-refractivity contribution < 1.29 is 19.7 Å². The molecule has 0 fully saturated rings. The lowest BCUT2D eigenvalue weighted by Gasteiger charge is -2.21. The maximum Gasteiger partial charge on any atom is 0.308 e. The van der Waals surface area contributed by atoms with Crippen molar-refractivity contribution in [3.8, 4) is 0 Å². The molecule has 0 heterocycles. The molecule has 5 nitrogen and oxygen atoms in total. The van der Waals surface area contributed by atoms with Gasteiger partial charge in [-0.05, 0) is 42.7 Å². The molecule has 0 bridgehead atoms. The molecule has 1 aromatic rings. The van der Waals surface area contributed by atoms with Gasteiger partial charge in [0.25, 0.3) is 0 Å². The first-order valence-corrected chi connectivity index (χ1v) is 5.66. The average molecular weight is 253 g/mol. The molecule has 0 amide bonds. The molecule has 0 spiro atoms. The maximum absolute atomic E-state index is 11.1. The molecule has 0 aliphatic heterocycles. The van der Waals surface area contributed by atoms with Crippen molar-refractivity contribution in [3.05, 3.63) is 28.8 Å². The highest BCUT2D eigenvalue weighted by atomic mass is 16.5. The van der Waals surface area contributed by atoms with E-state index in [2.05, 4.69) is 4.74 Å². The Morgan fingerprint density at radius 2 is 1.83 bits per heavy atom. The lowest BCUT2D eigenvalue weighted by atomic mass is 9.93. The van der Waals surface area contributed by atoms with E-state index in [-0.39, 0.29) is 6.42 Å². The largest absolute Gasteiger partial charge is 0.469 e. The first kappa shape index (κ1) is 14.5. The molecule has 0 aliphatic carbocycles. The summed E-state index contributed by atoms with van der Waals surface area (Å²) in [4.78, 5) is 11.1. The number of esters is 1. The standard InChI is InChI=1S/C13H19NO4/c1-7-4-9(14)5-8(2)12(7)13(17)10(15)6-11(16)18-3/h4-5,10,13,15,17H,6,14H2,1-3H3. The van der Waals surface area contributed by atoms with Crippen molar-refractivity contribution in [3.63, 3.8) is 0 Å². The SMILES string of the molecule is COC(=O)CC(O)C(O)c1c(C)cc(N)cc1C. The molecular formula is C13H19NO4. The number of rotatable bonds is 4. The number of aliphatic hydroxyl groups excluding tert-OH is 2. The van der Waals surface area contributed by atoms with Gasteiger partial charge in [0.05, 0.1) is 19.6 Å². The van der Waals surface area contributed by atoms with Gasteiger partial charge in [-0.25, -0.2) is 0 Å². The van der Waals surface area contributed by atoms with Gasteiger partial charge in [-0.2, -0.15) is 0 Å². The highest BCUT2D eigenvalue weighted by Crippen LogP contribution is 2.27. The van der Waals surface area contributed by atoms with Gasteiger partial charge in [-0.15, -0.1) is 0 Å². The van der Waals surface area contributed by atoms with Crippen LogP contribution in [-0.2, 0) is 9.53 Å². The Morgan fingerprint density at radius 1 is 1.33 bits per heavy atom. The smallest absolute Gasteiger partial charge is 0.308 e. The maximum atomic E-state index is 11.1. The molecule has 100 valence electrons. The van der Waals surface area contributed by atoms with Gasteiger partial charge in [0, 0.05) is 5.69 Å². The second-order valence-corrected chi connectivity index (χ2v) is 4.36. The number of anilines is 1. The van der Waals surface area contributed by atoms with Gasteiger partial charge in [0.2, 0.25) is 0 Å². The van der Waals surface area contributed by atoms with E-state index >= 15 is 0 Å². The molecule has 18 heavy (non-hydrogen) atoms. The summed E-state index contributed by atoms with van der Waals surface area (Å²) < 4.78 is 4.46. The molecule has 4 N–H and O–H groups in total. The number of aliphatic hydroxyl groups is 2. The lowest BCUT2D eigenvalue weighted by molar-refractivity contribution is -0.144. The summed E-state index contributed by atoms with van der Waals surface area (Å²) in [5.74, 6) is -0.563. The van der Waals surface area contributed by atoms with Crippen molar-refractivity contribution >= 4 is 11.7 Å².